The van der Waals surface area contributed by atoms with Crippen molar-refractivity contribution in [3.05, 3.63) is 70.8 Å². The summed E-state index contributed by atoms with van der Waals surface area (Å²) >= 11 is 0. The molecule has 2 aromatic rings. The number of benzene rings is 2. The first-order chi connectivity index (χ1) is 11.4. The third kappa shape index (κ3) is 4.07. The normalized spacial score (nSPS) is 10.0. The van der Waals surface area contributed by atoms with Crippen LogP contribution in [-0.2, 0) is 14.3 Å². The number of carbonyl (C=O) groups is 2. The second-order valence-electron chi connectivity index (χ2n) is 5.50. The second-order valence-corrected chi connectivity index (χ2v) is 5.50. The van der Waals surface area contributed by atoms with Crippen molar-refractivity contribution in [1.82, 2.24) is 5.01 Å². The zero-order valence-corrected chi connectivity index (χ0v) is 14.2. The summed E-state index contributed by atoms with van der Waals surface area (Å²) in [6.07, 6.45) is 0. The van der Waals surface area contributed by atoms with E-state index < -0.39 is 11.9 Å². The van der Waals surface area contributed by atoms with Crippen molar-refractivity contribution in [3.63, 3.8) is 0 Å². The molecule has 124 valence electrons. The lowest BCUT2D eigenvalue weighted by Crippen LogP contribution is -2.31. The van der Waals surface area contributed by atoms with Gasteiger partial charge in [0.1, 0.15) is 0 Å². The van der Waals surface area contributed by atoms with Crippen molar-refractivity contribution in [3.8, 4) is 0 Å². The van der Waals surface area contributed by atoms with Crippen LogP contribution in [0.2, 0.25) is 0 Å². The number of hydrazone groups is 1. The van der Waals surface area contributed by atoms with Crippen molar-refractivity contribution in [2.45, 2.75) is 13.8 Å². The molecule has 5 heteroatoms. The summed E-state index contributed by atoms with van der Waals surface area (Å²) in [6.45, 7) is 4.00. The number of rotatable bonds is 3. The second kappa shape index (κ2) is 7.55. The summed E-state index contributed by atoms with van der Waals surface area (Å²) in [5, 5.41) is 5.35. The molecule has 0 N–H and O–H groups in total. The zero-order chi connectivity index (χ0) is 17.7. The molecule has 2 aromatic carbocycles. The number of esters is 1. The van der Waals surface area contributed by atoms with E-state index in [-0.39, 0.29) is 0 Å². The first-order valence-corrected chi connectivity index (χ1v) is 7.51. The predicted octanol–water partition coefficient (Wildman–Crippen LogP) is 2.69. The van der Waals surface area contributed by atoms with Crippen LogP contribution in [0.4, 0.5) is 0 Å². The summed E-state index contributed by atoms with van der Waals surface area (Å²) < 4.78 is 4.46. The van der Waals surface area contributed by atoms with Gasteiger partial charge in [-0.15, -0.1) is 0 Å². The van der Waals surface area contributed by atoms with Crippen molar-refractivity contribution in [2.24, 2.45) is 5.10 Å². The van der Waals surface area contributed by atoms with Crippen LogP contribution in [-0.4, -0.2) is 36.8 Å². The molecule has 0 spiro atoms. The predicted molar refractivity (Wildman–Crippen MR) is 92.8 cm³/mol. The van der Waals surface area contributed by atoms with E-state index in [9.17, 15) is 9.59 Å². The van der Waals surface area contributed by atoms with E-state index in [1.165, 1.54) is 14.2 Å². The Balaban J connectivity index is 2.48. The molecular formula is C19H20N2O3. The minimum Gasteiger partial charge on any atom is -0.462 e. The quantitative estimate of drug-likeness (QED) is 0.377. The van der Waals surface area contributed by atoms with Gasteiger partial charge in [-0.05, 0) is 13.8 Å². The molecule has 0 bridgehead atoms. The van der Waals surface area contributed by atoms with Crippen LogP contribution in [0, 0.1) is 13.8 Å². The van der Waals surface area contributed by atoms with Crippen molar-refractivity contribution in [1.29, 1.82) is 0 Å². The molecule has 0 heterocycles. The van der Waals surface area contributed by atoms with Gasteiger partial charge in [-0.3, -0.25) is 4.79 Å². The molecule has 0 aromatic heterocycles. The highest BCUT2D eigenvalue weighted by Gasteiger charge is 2.20. The Hall–Kier alpha value is -2.95. The Labute approximate surface area is 141 Å². The van der Waals surface area contributed by atoms with E-state index >= 15 is 0 Å². The molecule has 0 aliphatic carbocycles. The Morgan fingerprint density at radius 1 is 0.875 bits per heavy atom. The summed E-state index contributed by atoms with van der Waals surface area (Å²) in [6, 6.07) is 15.6. The summed E-state index contributed by atoms with van der Waals surface area (Å²) in [5.74, 6) is -1.78. The number of nitrogens with zero attached hydrogens (tertiary/aromatic N) is 2. The summed E-state index contributed by atoms with van der Waals surface area (Å²) in [5.41, 5.74) is 4.57. The lowest BCUT2D eigenvalue weighted by molar-refractivity contribution is -0.157. The maximum Gasteiger partial charge on any atom is 0.398 e. The fraction of sp³-hybridized carbons (Fsp3) is 0.211. The Morgan fingerprint density at radius 3 is 1.67 bits per heavy atom. The molecule has 24 heavy (non-hydrogen) atoms. The Kier molecular flexibility index (Phi) is 5.47. The van der Waals surface area contributed by atoms with E-state index in [4.69, 9.17) is 0 Å². The van der Waals surface area contributed by atoms with Gasteiger partial charge in [-0.2, -0.15) is 5.10 Å². The van der Waals surface area contributed by atoms with Crippen molar-refractivity contribution >= 4 is 17.6 Å². The average Bonchev–Trinajstić information content (AvgIpc) is 2.60. The Morgan fingerprint density at radius 2 is 1.29 bits per heavy atom. The number of methoxy groups -OCH3 is 1. The number of carbonyl (C=O) groups excluding carboxylic acids is 2. The first-order valence-electron chi connectivity index (χ1n) is 7.51. The van der Waals surface area contributed by atoms with E-state index in [1.807, 2.05) is 62.4 Å². The lowest BCUT2D eigenvalue weighted by Gasteiger charge is -2.14. The molecule has 0 aliphatic rings. The number of amides is 1. The monoisotopic (exact) mass is 324 g/mol. The van der Waals surface area contributed by atoms with Crippen molar-refractivity contribution in [2.75, 3.05) is 14.2 Å². The number of ether oxygens (including phenoxy) is 1. The molecule has 2 rings (SSSR count). The number of likely N-dealkylation sites (N-methyl/N-ethyl adjacent to an activating group) is 1. The van der Waals surface area contributed by atoms with Gasteiger partial charge < -0.3 is 4.74 Å². The highest BCUT2D eigenvalue weighted by molar-refractivity contribution is 6.32. The van der Waals surface area contributed by atoms with Crippen LogP contribution in [0.15, 0.2) is 53.6 Å². The number of hydrogen-bond donors (Lipinski definition) is 0. The minimum atomic E-state index is -0.951. The Bertz CT molecular complexity index is 715. The third-order valence-electron chi connectivity index (χ3n) is 3.55. The fourth-order valence-corrected chi connectivity index (χ4v) is 2.12. The number of hydrogen-bond acceptors (Lipinski definition) is 4. The molecule has 0 unspecified atom stereocenters. The molecule has 0 saturated heterocycles. The van der Waals surface area contributed by atoms with E-state index in [0.29, 0.717) is 5.71 Å². The highest BCUT2D eigenvalue weighted by atomic mass is 16.5. The molecule has 0 atom stereocenters. The highest BCUT2D eigenvalue weighted by Crippen LogP contribution is 2.14. The van der Waals surface area contributed by atoms with E-state index in [1.54, 1.807) is 0 Å². The van der Waals surface area contributed by atoms with Gasteiger partial charge in [0.25, 0.3) is 0 Å². The maximum absolute atomic E-state index is 11.9. The van der Waals surface area contributed by atoms with Crippen LogP contribution >= 0.6 is 0 Å². The summed E-state index contributed by atoms with van der Waals surface area (Å²) in [4.78, 5) is 23.3. The first kappa shape index (κ1) is 17.4. The maximum atomic E-state index is 11.9. The molecule has 0 aliphatic heterocycles. The van der Waals surface area contributed by atoms with Crippen LogP contribution in [0.5, 0.6) is 0 Å². The third-order valence-corrected chi connectivity index (χ3v) is 3.55. The molecular weight excluding hydrogens is 304 g/mol. The zero-order valence-electron chi connectivity index (χ0n) is 14.2. The summed E-state index contributed by atoms with van der Waals surface area (Å²) in [7, 11) is 2.60. The largest absolute Gasteiger partial charge is 0.462 e. The smallest absolute Gasteiger partial charge is 0.398 e. The van der Waals surface area contributed by atoms with Crippen molar-refractivity contribution < 1.29 is 14.3 Å². The average molecular weight is 324 g/mol. The van der Waals surface area contributed by atoms with Gasteiger partial charge in [0, 0.05) is 18.2 Å². The minimum absolute atomic E-state index is 0.606. The van der Waals surface area contributed by atoms with E-state index in [2.05, 4.69) is 9.84 Å². The van der Waals surface area contributed by atoms with Gasteiger partial charge in [-0.1, -0.05) is 59.7 Å². The van der Waals surface area contributed by atoms with Gasteiger partial charge in [0.15, 0.2) is 0 Å². The SMILES string of the molecule is COC(=O)C(=O)N(C)N=C(c1ccc(C)cc1)c1ccc(C)cc1. The van der Waals surface area contributed by atoms with Gasteiger partial charge in [0.2, 0.25) is 0 Å². The van der Waals surface area contributed by atoms with Gasteiger partial charge in [0.05, 0.1) is 12.8 Å². The molecule has 0 saturated carbocycles. The lowest BCUT2D eigenvalue weighted by atomic mass is 10.0. The fourth-order valence-electron chi connectivity index (χ4n) is 2.12. The van der Waals surface area contributed by atoms with Gasteiger partial charge >= 0.3 is 11.9 Å². The molecule has 1 amide bonds. The molecule has 5 nitrogen and oxygen atoms in total. The van der Waals surface area contributed by atoms with Crippen LogP contribution in [0.3, 0.4) is 0 Å². The topological polar surface area (TPSA) is 59.0 Å². The van der Waals surface area contributed by atoms with Crippen LogP contribution in [0.1, 0.15) is 22.3 Å². The van der Waals surface area contributed by atoms with E-state index in [0.717, 1.165) is 27.3 Å². The van der Waals surface area contributed by atoms with Crippen LogP contribution < -0.4 is 0 Å². The molecule has 0 fully saturated rings. The van der Waals surface area contributed by atoms with Gasteiger partial charge in [-0.25, -0.2) is 9.80 Å². The standard InChI is InChI=1S/C19H20N2O3/c1-13-5-9-15(10-6-13)17(16-11-7-14(2)8-12-16)20-21(3)18(22)19(23)24-4/h5-12H,1-4H3. The molecule has 0 radical (unpaired) electrons. The number of aryl methyl sites for hydroxylation is 2. The van der Waals surface area contributed by atoms with Crippen LogP contribution in [0.25, 0.3) is 0 Å².